The highest BCUT2D eigenvalue weighted by atomic mass is 32.1. The number of carboxylic acid groups (broad SMARTS) is 1. The molecule has 4 atom stereocenters. The zero-order valence-corrected chi connectivity index (χ0v) is 18.4. The van der Waals surface area contributed by atoms with E-state index in [0.29, 0.717) is 17.0 Å². The van der Waals surface area contributed by atoms with E-state index >= 15 is 0 Å². The predicted octanol–water partition coefficient (Wildman–Crippen LogP) is 4.14. The van der Waals surface area contributed by atoms with E-state index in [1.54, 1.807) is 0 Å². The maximum atomic E-state index is 13.3. The third-order valence-corrected chi connectivity index (χ3v) is 8.12. The summed E-state index contributed by atoms with van der Waals surface area (Å²) < 4.78 is 0. The highest BCUT2D eigenvalue weighted by Crippen LogP contribution is 2.46. The molecule has 30 heavy (non-hydrogen) atoms. The number of nitrogens with one attached hydrogen (secondary N) is 2. The van der Waals surface area contributed by atoms with Gasteiger partial charge in [0.05, 0.1) is 17.4 Å². The fourth-order valence-corrected chi connectivity index (χ4v) is 6.69. The third kappa shape index (κ3) is 3.80. The highest BCUT2D eigenvalue weighted by Gasteiger charge is 2.48. The summed E-state index contributed by atoms with van der Waals surface area (Å²) >= 11 is 1.42. The smallest absolute Gasteiger partial charge is 0.307 e. The van der Waals surface area contributed by atoms with Crippen molar-refractivity contribution in [2.45, 2.75) is 64.8 Å². The maximum absolute atomic E-state index is 13.3. The summed E-state index contributed by atoms with van der Waals surface area (Å²) in [6.07, 6.45) is 10.6. The van der Waals surface area contributed by atoms with Crippen molar-refractivity contribution in [3.8, 4) is 0 Å². The van der Waals surface area contributed by atoms with E-state index in [2.05, 4.69) is 10.6 Å². The molecule has 1 aromatic heterocycles. The van der Waals surface area contributed by atoms with Gasteiger partial charge in [-0.3, -0.25) is 14.4 Å². The zero-order chi connectivity index (χ0) is 21.4. The first-order chi connectivity index (χ1) is 14.4. The van der Waals surface area contributed by atoms with Gasteiger partial charge in [0.25, 0.3) is 5.91 Å². The minimum absolute atomic E-state index is 0.0569. The first kappa shape index (κ1) is 21.1. The van der Waals surface area contributed by atoms with Crippen molar-refractivity contribution in [2.75, 3.05) is 5.32 Å². The standard InChI is InChI=1S/C23H30N2O4S/c1-3-16-12(2)30-22(19(16)21(27)24-15-6-4-5-7-15)25-20(26)17-13-8-10-14(11-9-13)18(17)23(28)29/h8,10,13-15,17-18H,3-7,9,11H2,1-2H3,(H,24,27)(H,25,26)(H,28,29). The molecule has 3 N–H and O–H groups in total. The number of carbonyl (C=O) groups excluding carboxylic acids is 2. The molecule has 1 aromatic rings. The van der Waals surface area contributed by atoms with Gasteiger partial charge in [-0.05, 0) is 56.4 Å². The number of aliphatic carboxylic acids is 1. The second-order valence-electron chi connectivity index (χ2n) is 8.82. The Bertz CT molecular complexity index is 884. The molecule has 6 nitrogen and oxygen atoms in total. The van der Waals surface area contributed by atoms with E-state index in [4.69, 9.17) is 0 Å². The minimum atomic E-state index is -0.912. The van der Waals surface area contributed by atoms with Crippen LogP contribution in [0.5, 0.6) is 0 Å². The van der Waals surface area contributed by atoms with Gasteiger partial charge in [0.1, 0.15) is 5.00 Å². The molecule has 5 rings (SSSR count). The van der Waals surface area contributed by atoms with Gasteiger partial charge >= 0.3 is 5.97 Å². The predicted molar refractivity (Wildman–Crippen MR) is 117 cm³/mol. The van der Waals surface area contributed by atoms with Crippen LogP contribution in [0.25, 0.3) is 0 Å². The Kier molecular flexibility index (Phi) is 6.00. The number of hydrogen-bond donors (Lipinski definition) is 3. The number of aryl methyl sites for hydroxylation is 1. The van der Waals surface area contributed by atoms with Crippen LogP contribution >= 0.6 is 11.3 Å². The second kappa shape index (κ2) is 8.53. The lowest BCUT2D eigenvalue weighted by Gasteiger charge is -2.41. The summed E-state index contributed by atoms with van der Waals surface area (Å²) in [4.78, 5) is 39.3. The Hall–Kier alpha value is -2.15. The zero-order valence-electron chi connectivity index (χ0n) is 17.6. The quantitative estimate of drug-likeness (QED) is 0.591. The van der Waals surface area contributed by atoms with Crippen molar-refractivity contribution in [1.29, 1.82) is 0 Å². The van der Waals surface area contributed by atoms with Crippen LogP contribution in [-0.4, -0.2) is 28.9 Å². The lowest BCUT2D eigenvalue weighted by Crippen LogP contribution is -2.47. The Morgan fingerprint density at radius 3 is 2.27 bits per heavy atom. The van der Waals surface area contributed by atoms with Gasteiger partial charge in [0.2, 0.25) is 5.91 Å². The average molecular weight is 431 g/mol. The van der Waals surface area contributed by atoms with Gasteiger partial charge in [-0.25, -0.2) is 0 Å². The van der Waals surface area contributed by atoms with Crippen molar-refractivity contribution in [1.82, 2.24) is 5.32 Å². The summed E-state index contributed by atoms with van der Waals surface area (Å²) in [6, 6.07) is 0.196. The van der Waals surface area contributed by atoms with Crippen molar-refractivity contribution in [3.63, 3.8) is 0 Å². The molecule has 4 aliphatic carbocycles. The minimum Gasteiger partial charge on any atom is -0.481 e. The van der Waals surface area contributed by atoms with E-state index in [-0.39, 0.29) is 29.7 Å². The fraction of sp³-hybridized carbons (Fsp3) is 0.609. The Labute approximate surface area is 181 Å². The lowest BCUT2D eigenvalue weighted by molar-refractivity contribution is -0.151. The molecule has 2 amide bonds. The van der Waals surface area contributed by atoms with E-state index in [0.717, 1.165) is 49.0 Å². The number of amides is 2. The Balaban J connectivity index is 1.59. The van der Waals surface area contributed by atoms with Gasteiger partial charge in [0.15, 0.2) is 0 Å². The first-order valence-electron chi connectivity index (χ1n) is 11.1. The number of carboxylic acids is 1. The van der Waals surface area contributed by atoms with Crippen molar-refractivity contribution >= 4 is 34.1 Å². The van der Waals surface area contributed by atoms with Crippen molar-refractivity contribution in [3.05, 3.63) is 28.2 Å². The summed E-state index contributed by atoms with van der Waals surface area (Å²) in [5.41, 5.74) is 1.52. The molecule has 1 heterocycles. The number of anilines is 1. The number of rotatable bonds is 6. The number of allylic oxidation sites excluding steroid dienone is 2. The molecule has 7 heteroatoms. The van der Waals surface area contributed by atoms with E-state index in [9.17, 15) is 19.5 Å². The molecule has 0 radical (unpaired) electrons. The van der Waals surface area contributed by atoms with Crippen LogP contribution in [-0.2, 0) is 16.0 Å². The monoisotopic (exact) mass is 430 g/mol. The molecule has 0 saturated heterocycles. The molecule has 0 spiro atoms. The highest BCUT2D eigenvalue weighted by molar-refractivity contribution is 7.16. The van der Waals surface area contributed by atoms with E-state index < -0.39 is 17.8 Å². The molecule has 0 aliphatic heterocycles. The normalized spacial score (nSPS) is 27.9. The van der Waals surface area contributed by atoms with E-state index in [1.807, 2.05) is 26.0 Å². The molecular formula is C23H30N2O4S. The largest absolute Gasteiger partial charge is 0.481 e. The average Bonchev–Trinajstić information content (AvgIpc) is 3.34. The van der Waals surface area contributed by atoms with Crippen LogP contribution in [0.4, 0.5) is 5.00 Å². The molecule has 4 unspecified atom stereocenters. The molecular weight excluding hydrogens is 400 g/mol. The molecule has 2 saturated carbocycles. The van der Waals surface area contributed by atoms with E-state index in [1.165, 1.54) is 11.3 Å². The topological polar surface area (TPSA) is 95.5 Å². The van der Waals surface area contributed by atoms with Crippen molar-refractivity contribution in [2.24, 2.45) is 23.7 Å². The summed E-state index contributed by atoms with van der Waals surface area (Å²) in [5.74, 6) is -2.76. The molecule has 162 valence electrons. The first-order valence-corrected chi connectivity index (χ1v) is 11.9. The maximum Gasteiger partial charge on any atom is 0.307 e. The lowest BCUT2D eigenvalue weighted by atomic mass is 9.62. The number of hydrogen-bond acceptors (Lipinski definition) is 4. The Morgan fingerprint density at radius 2 is 1.70 bits per heavy atom. The van der Waals surface area contributed by atoms with Crippen LogP contribution in [0.2, 0.25) is 0 Å². The van der Waals surface area contributed by atoms with Crippen LogP contribution in [0, 0.1) is 30.6 Å². The number of carbonyl (C=O) groups is 3. The van der Waals surface area contributed by atoms with Crippen LogP contribution in [0.1, 0.15) is 66.2 Å². The molecule has 0 aromatic carbocycles. The van der Waals surface area contributed by atoms with Gasteiger partial charge in [0, 0.05) is 10.9 Å². The van der Waals surface area contributed by atoms with Crippen LogP contribution in [0.15, 0.2) is 12.2 Å². The third-order valence-electron chi connectivity index (χ3n) is 7.05. The van der Waals surface area contributed by atoms with Crippen LogP contribution in [0.3, 0.4) is 0 Å². The van der Waals surface area contributed by atoms with Gasteiger partial charge in [-0.2, -0.15) is 0 Å². The summed E-state index contributed by atoms with van der Waals surface area (Å²) in [6.45, 7) is 3.98. The van der Waals surface area contributed by atoms with Crippen LogP contribution < -0.4 is 10.6 Å². The molecule has 2 fully saturated rings. The Morgan fingerprint density at radius 1 is 1.07 bits per heavy atom. The summed E-state index contributed by atoms with van der Waals surface area (Å²) in [5, 5.41) is 16.4. The molecule has 2 bridgehead atoms. The number of fused-ring (bicyclic) bond motifs is 2. The SMILES string of the molecule is CCc1c(C)sc(NC(=O)C2C3C=CC(CC3)C2C(=O)O)c1C(=O)NC1CCCC1. The van der Waals surface area contributed by atoms with Gasteiger partial charge in [-0.1, -0.05) is 31.9 Å². The second-order valence-corrected chi connectivity index (χ2v) is 10.0. The molecule has 4 aliphatic rings. The fourth-order valence-electron chi connectivity index (χ4n) is 5.54. The van der Waals surface area contributed by atoms with Gasteiger partial charge < -0.3 is 15.7 Å². The number of thiophene rings is 1. The summed E-state index contributed by atoms with van der Waals surface area (Å²) in [7, 11) is 0. The van der Waals surface area contributed by atoms with Gasteiger partial charge in [-0.15, -0.1) is 11.3 Å². The van der Waals surface area contributed by atoms with Crippen molar-refractivity contribution < 1.29 is 19.5 Å².